The molecular weight excluding hydrogens is 286 g/mol. The molecule has 1 amide bonds. The summed E-state index contributed by atoms with van der Waals surface area (Å²) in [4.78, 5) is 14.6. The summed E-state index contributed by atoms with van der Waals surface area (Å²) in [6.07, 6.45) is 5.12. The maximum atomic E-state index is 12.5. The molecule has 1 aliphatic rings. The average Bonchev–Trinajstić information content (AvgIpc) is 2.51. The summed E-state index contributed by atoms with van der Waals surface area (Å²) in [5.41, 5.74) is 3.06. The quantitative estimate of drug-likeness (QED) is 0.680. The molecule has 0 bridgehead atoms. The number of nitrogens with zero attached hydrogens (tertiary/aromatic N) is 2. The molecule has 1 N–H and O–H groups in total. The van der Waals surface area contributed by atoms with E-state index in [1.54, 1.807) is 6.20 Å². The molecule has 0 radical (unpaired) electrons. The van der Waals surface area contributed by atoms with Gasteiger partial charge in [-0.3, -0.25) is 4.79 Å². The van der Waals surface area contributed by atoms with Crippen LogP contribution in [-0.2, 0) is 4.79 Å². The van der Waals surface area contributed by atoms with Gasteiger partial charge in [0.05, 0.1) is 0 Å². The smallest absolute Gasteiger partial charge is 0.267 e. The molecule has 23 heavy (non-hydrogen) atoms. The van der Waals surface area contributed by atoms with Crippen LogP contribution in [0.15, 0.2) is 30.0 Å². The molecule has 0 saturated carbocycles. The van der Waals surface area contributed by atoms with E-state index in [9.17, 15) is 10.1 Å². The minimum Gasteiger partial charge on any atom is -0.371 e. The summed E-state index contributed by atoms with van der Waals surface area (Å²) in [6.45, 7) is 8.26. The van der Waals surface area contributed by atoms with Crippen molar-refractivity contribution in [3.8, 4) is 6.07 Å². The second-order valence-electron chi connectivity index (χ2n) is 6.43. The molecule has 1 fully saturated rings. The zero-order valence-corrected chi connectivity index (χ0v) is 14.4. The minimum atomic E-state index is -0.342. The molecule has 0 aromatic heterocycles. The molecular formula is C19H25N3O. The van der Waals surface area contributed by atoms with Crippen molar-refractivity contribution < 1.29 is 4.79 Å². The van der Waals surface area contributed by atoms with Crippen molar-refractivity contribution in [3.05, 3.63) is 41.1 Å². The topological polar surface area (TPSA) is 56.1 Å². The summed E-state index contributed by atoms with van der Waals surface area (Å²) >= 11 is 0. The van der Waals surface area contributed by atoms with Gasteiger partial charge in [-0.15, -0.1) is 0 Å². The van der Waals surface area contributed by atoms with Gasteiger partial charge in [-0.05, 0) is 64.2 Å². The van der Waals surface area contributed by atoms with E-state index in [0.29, 0.717) is 12.1 Å². The Morgan fingerprint density at radius 3 is 2.57 bits per heavy atom. The van der Waals surface area contributed by atoms with E-state index in [2.05, 4.69) is 30.1 Å². The van der Waals surface area contributed by atoms with Gasteiger partial charge in [-0.1, -0.05) is 12.1 Å². The Kier molecular flexibility index (Phi) is 5.44. The number of piperidine rings is 1. The van der Waals surface area contributed by atoms with Crippen LogP contribution in [0.25, 0.3) is 0 Å². The number of nitrogens with one attached hydrogen (secondary N) is 1. The zero-order valence-electron chi connectivity index (χ0n) is 14.4. The molecule has 2 unspecified atom stereocenters. The van der Waals surface area contributed by atoms with E-state index < -0.39 is 0 Å². The number of anilines is 1. The molecule has 1 heterocycles. The van der Waals surface area contributed by atoms with Crippen LogP contribution in [0.4, 0.5) is 5.69 Å². The van der Waals surface area contributed by atoms with Crippen LogP contribution in [0, 0.1) is 25.2 Å². The first-order valence-electron chi connectivity index (χ1n) is 8.21. The number of amides is 1. The van der Waals surface area contributed by atoms with E-state index in [-0.39, 0.29) is 11.5 Å². The molecule has 4 heteroatoms. The van der Waals surface area contributed by atoms with Gasteiger partial charge in [-0.2, -0.15) is 5.26 Å². The molecule has 2 rings (SSSR count). The SMILES string of the molecule is Cc1cccc(NC(=O)/C(C#N)=C\N2C(C)CCCC2C)c1C. The van der Waals surface area contributed by atoms with Gasteiger partial charge in [-0.25, -0.2) is 0 Å². The normalized spacial score (nSPS) is 21.7. The third-order valence-corrected chi connectivity index (χ3v) is 4.76. The molecule has 122 valence electrons. The molecule has 1 aliphatic heterocycles. The molecule has 2 atom stereocenters. The highest BCUT2D eigenvalue weighted by molar-refractivity contribution is 6.06. The first-order chi connectivity index (χ1) is 10.9. The lowest BCUT2D eigenvalue weighted by molar-refractivity contribution is -0.112. The molecule has 1 saturated heterocycles. The van der Waals surface area contributed by atoms with Crippen LogP contribution in [0.5, 0.6) is 0 Å². The second kappa shape index (κ2) is 7.32. The van der Waals surface area contributed by atoms with E-state index in [0.717, 1.165) is 29.7 Å². The van der Waals surface area contributed by atoms with Gasteiger partial charge in [0.15, 0.2) is 0 Å². The Bertz CT molecular complexity index is 647. The van der Waals surface area contributed by atoms with Crippen LogP contribution in [0.3, 0.4) is 0 Å². The lowest BCUT2D eigenvalue weighted by Crippen LogP contribution is -2.40. The highest BCUT2D eigenvalue weighted by Gasteiger charge is 2.23. The number of carbonyl (C=O) groups is 1. The van der Waals surface area contributed by atoms with Crippen molar-refractivity contribution in [1.29, 1.82) is 5.26 Å². The second-order valence-corrected chi connectivity index (χ2v) is 6.43. The fourth-order valence-corrected chi connectivity index (χ4v) is 3.06. The van der Waals surface area contributed by atoms with E-state index >= 15 is 0 Å². The summed E-state index contributed by atoms with van der Waals surface area (Å²) < 4.78 is 0. The number of rotatable bonds is 3. The van der Waals surface area contributed by atoms with Crippen LogP contribution in [0.2, 0.25) is 0 Å². The Morgan fingerprint density at radius 1 is 1.30 bits per heavy atom. The van der Waals surface area contributed by atoms with Gasteiger partial charge in [0, 0.05) is 24.0 Å². The molecule has 0 aliphatic carbocycles. The number of benzene rings is 1. The predicted molar refractivity (Wildman–Crippen MR) is 92.9 cm³/mol. The molecule has 1 aromatic rings. The number of hydrogen-bond acceptors (Lipinski definition) is 3. The average molecular weight is 311 g/mol. The van der Waals surface area contributed by atoms with Crippen LogP contribution < -0.4 is 5.32 Å². The van der Waals surface area contributed by atoms with Crippen molar-refractivity contribution in [2.75, 3.05) is 5.32 Å². The van der Waals surface area contributed by atoms with E-state index in [1.807, 2.05) is 32.0 Å². The van der Waals surface area contributed by atoms with Gasteiger partial charge >= 0.3 is 0 Å². The van der Waals surface area contributed by atoms with Crippen LogP contribution >= 0.6 is 0 Å². The Balaban J connectivity index is 2.20. The Labute approximate surface area is 138 Å². The summed E-state index contributed by atoms with van der Waals surface area (Å²) in [5, 5.41) is 12.3. The van der Waals surface area contributed by atoms with Crippen molar-refractivity contribution in [1.82, 2.24) is 4.90 Å². The maximum absolute atomic E-state index is 12.5. The first-order valence-corrected chi connectivity index (χ1v) is 8.21. The lowest BCUT2D eigenvalue weighted by Gasteiger charge is -2.38. The van der Waals surface area contributed by atoms with E-state index in [1.165, 1.54) is 6.42 Å². The van der Waals surface area contributed by atoms with Crippen molar-refractivity contribution in [2.45, 2.75) is 59.0 Å². The van der Waals surface area contributed by atoms with Crippen molar-refractivity contribution >= 4 is 11.6 Å². The fourth-order valence-electron chi connectivity index (χ4n) is 3.06. The van der Waals surface area contributed by atoms with Gasteiger partial charge in [0.25, 0.3) is 5.91 Å². The third-order valence-electron chi connectivity index (χ3n) is 4.76. The Hall–Kier alpha value is -2.28. The summed E-state index contributed by atoms with van der Waals surface area (Å²) in [5.74, 6) is -0.342. The van der Waals surface area contributed by atoms with Crippen LogP contribution in [-0.4, -0.2) is 22.9 Å². The van der Waals surface area contributed by atoms with Gasteiger partial charge < -0.3 is 10.2 Å². The minimum absolute atomic E-state index is 0.159. The highest BCUT2D eigenvalue weighted by Crippen LogP contribution is 2.24. The van der Waals surface area contributed by atoms with Crippen LogP contribution in [0.1, 0.15) is 44.2 Å². The third kappa shape index (κ3) is 3.92. The van der Waals surface area contributed by atoms with E-state index in [4.69, 9.17) is 0 Å². The molecule has 1 aromatic carbocycles. The number of likely N-dealkylation sites (tertiary alicyclic amines) is 1. The summed E-state index contributed by atoms with van der Waals surface area (Å²) in [6, 6.07) is 8.54. The number of nitriles is 1. The molecule has 4 nitrogen and oxygen atoms in total. The first kappa shape index (κ1) is 17.1. The summed E-state index contributed by atoms with van der Waals surface area (Å²) in [7, 11) is 0. The van der Waals surface area contributed by atoms with Crippen molar-refractivity contribution in [2.24, 2.45) is 0 Å². The standard InChI is InChI=1S/C19H25N3O/c1-13-7-5-10-18(16(13)4)21-19(23)17(11-20)12-22-14(2)8-6-9-15(22)3/h5,7,10,12,14-15H,6,8-9H2,1-4H3,(H,21,23)/b17-12-. The predicted octanol–water partition coefficient (Wildman–Crippen LogP) is 3.91. The number of hydrogen-bond donors (Lipinski definition) is 1. The van der Waals surface area contributed by atoms with Gasteiger partial charge in [0.1, 0.15) is 11.6 Å². The maximum Gasteiger partial charge on any atom is 0.267 e. The lowest BCUT2D eigenvalue weighted by atomic mass is 9.98. The molecule has 0 spiro atoms. The zero-order chi connectivity index (χ0) is 17.0. The Morgan fingerprint density at radius 2 is 1.96 bits per heavy atom. The number of carbonyl (C=O) groups excluding carboxylic acids is 1. The monoisotopic (exact) mass is 311 g/mol. The highest BCUT2D eigenvalue weighted by atomic mass is 16.1. The van der Waals surface area contributed by atoms with Gasteiger partial charge in [0.2, 0.25) is 0 Å². The number of aryl methyl sites for hydroxylation is 1. The van der Waals surface area contributed by atoms with Crippen molar-refractivity contribution in [3.63, 3.8) is 0 Å². The largest absolute Gasteiger partial charge is 0.371 e. The fraction of sp³-hybridized carbons (Fsp3) is 0.474.